The summed E-state index contributed by atoms with van der Waals surface area (Å²) in [5.41, 5.74) is 9.29. The number of rotatable bonds is 8. The molecule has 0 spiro atoms. The van der Waals surface area contributed by atoms with Crippen molar-refractivity contribution in [3.63, 3.8) is 0 Å². The molecule has 174 valence electrons. The van der Waals surface area contributed by atoms with Crippen molar-refractivity contribution < 1.29 is 7.54 Å². The molecule has 1 aliphatic heterocycles. The number of nitrogens with zero attached hydrogens (tertiary/aromatic N) is 4. The molecule has 0 radical (unpaired) electrons. The van der Waals surface area contributed by atoms with Gasteiger partial charge in [0.15, 0.2) is 5.82 Å². The highest BCUT2D eigenvalue weighted by Gasteiger charge is 2.32. The van der Waals surface area contributed by atoms with Crippen molar-refractivity contribution in [2.45, 2.75) is 52.5 Å². The summed E-state index contributed by atoms with van der Waals surface area (Å²) in [6.07, 6.45) is 1.62. The number of aromatic nitrogens is 3. The zero-order chi connectivity index (χ0) is 25.3. The summed E-state index contributed by atoms with van der Waals surface area (Å²) in [4.78, 5) is 19.1. The van der Waals surface area contributed by atoms with Crippen LogP contribution in [-0.2, 0) is 4.79 Å². The second-order valence-electron chi connectivity index (χ2n) is 8.12. The molecule has 0 saturated heterocycles. The normalized spacial score (nSPS) is 16.3. The van der Waals surface area contributed by atoms with E-state index in [-0.39, 0.29) is 18.7 Å². The first-order valence-electron chi connectivity index (χ1n) is 12.0. The Morgan fingerprint density at radius 3 is 2.70 bits per heavy atom. The number of unbranched alkanes of at least 4 members (excludes halogenated alkanes) is 1. The molecule has 0 saturated carbocycles. The second kappa shape index (κ2) is 10.2. The van der Waals surface area contributed by atoms with Gasteiger partial charge in [0.2, 0.25) is 5.91 Å². The molecule has 1 aliphatic rings. The van der Waals surface area contributed by atoms with Crippen LogP contribution in [0, 0.1) is 20.8 Å². The zero-order valence-electron chi connectivity index (χ0n) is 21.0. The molecular formula is C24H29ClN6OS. The minimum atomic E-state index is -1.69. The van der Waals surface area contributed by atoms with Gasteiger partial charge >= 0.3 is 0 Å². The quantitative estimate of drug-likeness (QED) is 0.460. The van der Waals surface area contributed by atoms with Gasteiger partial charge in [0.05, 0.1) is 12.1 Å². The molecule has 0 aliphatic carbocycles. The number of aryl methyl sites for hydroxylation is 2. The summed E-state index contributed by atoms with van der Waals surface area (Å²) in [6.45, 7) is 4.86. The first-order valence-corrected chi connectivity index (χ1v) is 12.2. The van der Waals surface area contributed by atoms with Gasteiger partial charge < -0.3 is 11.1 Å². The summed E-state index contributed by atoms with van der Waals surface area (Å²) in [5, 5.41) is 13.3. The maximum Gasteiger partial charge on any atom is 0.222 e. The molecule has 0 unspecified atom stereocenters. The maximum atomic E-state index is 12.9. The number of fused-ring (bicyclic) bond motifs is 3. The van der Waals surface area contributed by atoms with Crippen LogP contribution >= 0.6 is 22.9 Å². The number of thiophene rings is 1. The van der Waals surface area contributed by atoms with E-state index in [2.05, 4.69) is 29.4 Å². The zero-order valence-corrected chi connectivity index (χ0v) is 20.6. The monoisotopic (exact) mass is 486 g/mol. The van der Waals surface area contributed by atoms with Gasteiger partial charge in [-0.15, -0.1) is 21.5 Å². The van der Waals surface area contributed by atoms with Gasteiger partial charge in [0.1, 0.15) is 16.9 Å². The van der Waals surface area contributed by atoms with E-state index in [4.69, 9.17) is 25.1 Å². The molecule has 9 heteroatoms. The fourth-order valence-corrected chi connectivity index (χ4v) is 5.30. The number of hydrogen-bond donors (Lipinski definition) is 2. The third kappa shape index (κ3) is 4.88. The van der Waals surface area contributed by atoms with Crippen molar-refractivity contribution in [1.29, 1.82) is 0 Å². The largest absolute Gasteiger partial charge is 0.356 e. The number of amides is 1. The van der Waals surface area contributed by atoms with Gasteiger partial charge in [0.25, 0.3) is 0 Å². The smallest absolute Gasteiger partial charge is 0.222 e. The van der Waals surface area contributed by atoms with Gasteiger partial charge in [0, 0.05) is 30.3 Å². The number of aliphatic imine (C=N–C) groups is 1. The first-order chi connectivity index (χ1) is 16.5. The van der Waals surface area contributed by atoms with Crippen molar-refractivity contribution in [2.75, 3.05) is 13.0 Å². The Morgan fingerprint density at radius 1 is 1.21 bits per heavy atom. The number of carbonyl (C=O) groups excluding carboxylic acids is 1. The molecule has 0 fully saturated rings. The van der Waals surface area contributed by atoms with E-state index in [1.807, 2.05) is 35.8 Å². The van der Waals surface area contributed by atoms with E-state index in [1.54, 1.807) is 11.3 Å². The highest BCUT2D eigenvalue weighted by Crippen LogP contribution is 2.39. The van der Waals surface area contributed by atoms with Gasteiger partial charge in [-0.3, -0.25) is 14.4 Å². The van der Waals surface area contributed by atoms with E-state index in [0.717, 1.165) is 33.2 Å². The van der Waals surface area contributed by atoms with Gasteiger partial charge in [-0.05, 0) is 57.8 Å². The van der Waals surface area contributed by atoms with Crippen LogP contribution in [-0.4, -0.2) is 39.4 Å². The predicted molar refractivity (Wildman–Crippen MR) is 134 cm³/mol. The van der Waals surface area contributed by atoms with Crippen molar-refractivity contribution >= 4 is 34.6 Å². The van der Waals surface area contributed by atoms with Gasteiger partial charge in [-0.2, -0.15) is 0 Å². The topological polar surface area (TPSA) is 98.2 Å². The average Bonchev–Trinajstić information content (AvgIpc) is 3.25. The highest BCUT2D eigenvalue weighted by atomic mass is 35.5. The van der Waals surface area contributed by atoms with E-state index >= 15 is 0 Å². The number of nitrogens with two attached hydrogens (primary N) is 1. The summed E-state index contributed by atoms with van der Waals surface area (Å²) in [5.74, 6) is 1.24. The van der Waals surface area contributed by atoms with Crippen LogP contribution in [0.5, 0.6) is 0 Å². The molecular weight excluding hydrogens is 456 g/mol. The fraction of sp³-hybridized carbons (Fsp3) is 0.417. The summed E-state index contributed by atoms with van der Waals surface area (Å²) in [7, 11) is 0. The minimum absolute atomic E-state index is 0.125. The molecule has 1 atom stereocenters. The molecule has 0 bridgehead atoms. The standard InChI is InChI=1S/C24H29ClN6OS/c1-14-15(2)33-24-21(14)22(17-7-9-18(25)10-8-17)28-19(23-30-29-16(3)31(23)24)13-20(32)27-12-6-4-5-11-26/h7-10,19H,4-6,11-13,26H2,1-3H3,(H,27,32)/t19-/m0/s1/i11D2. The van der Waals surface area contributed by atoms with E-state index in [0.29, 0.717) is 30.2 Å². The Balaban J connectivity index is 1.65. The summed E-state index contributed by atoms with van der Waals surface area (Å²) < 4.78 is 16.8. The SMILES string of the molecule is [2H]C([2H])(N)CCCCNC(=O)C[C@@H]1N=C(c2ccc(Cl)cc2)c2c(sc(C)c2C)-n2c(C)nnc21. The van der Waals surface area contributed by atoms with Crippen molar-refractivity contribution in [1.82, 2.24) is 20.1 Å². The fourth-order valence-electron chi connectivity index (χ4n) is 3.96. The van der Waals surface area contributed by atoms with Gasteiger partial charge in [-0.1, -0.05) is 30.2 Å². The van der Waals surface area contributed by atoms with Crippen LogP contribution in [0.15, 0.2) is 29.3 Å². The molecule has 3 N–H and O–H groups in total. The van der Waals surface area contributed by atoms with Gasteiger partial charge in [-0.25, -0.2) is 0 Å². The highest BCUT2D eigenvalue weighted by molar-refractivity contribution is 7.15. The number of hydrogen-bond acceptors (Lipinski definition) is 6. The maximum absolute atomic E-state index is 12.9. The molecule has 1 amide bonds. The molecule has 4 rings (SSSR count). The third-order valence-electron chi connectivity index (χ3n) is 5.81. The Labute approximate surface area is 205 Å². The molecule has 2 aromatic heterocycles. The van der Waals surface area contributed by atoms with Crippen molar-refractivity contribution in [3.05, 3.63) is 62.5 Å². The van der Waals surface area contributed by atoms with E-state index < -0.39 is 12.5 Å². The molecule has 3 heterocycles. The first kappa shape index (κ1) is 21.0. The van der Waals surface area contributed by atoms with Crippen LogP contribution < -0.4 is 11.1 Å². The van der Waals surface area contributed by atoms with Crippen LogP contribution in [0.2, 0.25) is 5.02 Å². The van der Waals surface area contributed by atoms with Crippen LogP contribution in [0.25, 0.3) is 5.00 Å². The van der Waals surface area contributed by atoms with Crippen molar-refractivity contribution in [3.8, 4) is 5.00 Å². The summed E-state index contributed by atoms with van der Waals surface area (Å²) in [6, 6.07) is 7.07. The Kier molecular flexibility index (Phi) is 6.47. The molecule has 7 nitrogen and oxygen atoms in total. The van der Waals surface area contributed by atoms with Crippen molar-refractivity contribution in [2.24, 2.45) is 10.7 Å². The van der Waals surface area contributed by atoms with Crippen LogP contribution in [0.3, 0.4) is 0 Å². The number of benzene rings is 1. The number of nitrogens with one attached hydrogen (secondary N) is 1. The molecule has 3 aromatic rings. The Hall–Kier alpha value is -2.55. The predicted octanol–water partition coefficient (Wildman–Crippen LogP) is 4.43. The van der Waals surface area contributed by atoms with Crippen LogP contribution in [0.1, 0.15) is 67.7 Å². The number of carbonyl (C=O) groups is 1. The van der Waals surface area contributed by atoms with E-state index in [1.165, 1.54) is 4.88 Å². The lowest BCUT2D eigenvalue weighted by Gasteiger charge is -2.13. The molecule has 1 aromatic carbocycles. The number of halogens is 1. The van der Waals surface area contributed by atoms with Crippen LogP contribution in [0.4, 0.5) is 0 Å². The Bertz CT molecular complexity index is 1260. The lowest BCUT2D eigenvalue weighted by atomic mass is 9.99. The average molecular weight is 487 g/mol. The Morgan fingerprint density at radius 2 is 1.97 bits per heavy atom. The lowest BCUT2D eigenvalue weighted by Crippen LogP contribution is -2.26. The van der Waals surface area contributed by atoms with E-state index in [9.17, 15) is 4.79 Å². The third-order valence-corrected chi connectivity index (χ3v) is 7.25. The lowest BCUT2D eigenvalue weighted by molar-refractivity contribution is -0.121. The summed E-state index contributed by atoms with van der Waals surface area (Å²) >= 11 is 7.82. The second-order valence-corrected chi connectivity index (χ2v) is 9.76. The molecule has 33 heavy (non-hydrogen) atoms. The minimum Gasteiger partial charge on any atom is -0.356 e.